The summed E-state index contributed by atoms with van der Waals surface area (Å²) < 4.78 is 82.4. The van der Waals surface area contributed by atoms with Gasteiger partial charge in [-0.1, -0.05) is 290 Å². The van der Waals surface area contributed by atoms with Crippen LogP contribution >= 0.6 is 0 Å². The second kappa shape index (κ2) is 25.1. The van der Waals surface area contributed by atoms with E-state index in [9.17, 15) is 8.22 Å². The van der Waals surface area contributed by atoms with Crippen LogP contribution in [0.25, 0.3) is 138 Å². The van der Waals surface area contributed by atoms with Crippen LogP contribution in [0, 0.1) is 0 Å². The van der Waals surface area contributed by atoms with Crippen molar-refractivity contribution in [3.05, 3.63) is 375 Å². The minimum atomic E-state index is -0.512. The fourth-order valence-corrected chi connectivity index (χ4v) is 17.6. The third-order valence-electron chi connectivity index (χ3n) is 22.9. The first-order chi connectivity index (χ1) is 57.1. The van der Waals surface area contributed by atoms with E-state index in [-0.39, 0.29) is 44.7 Å². The molecule has 0 fully saturated rings. The number of rotatable bonds is 10. The Morgan fingerprint density at radius 3 is 1.05 bits per heavy atom. The number of fused-ring (bicyclic) bond motifs is 13. The van der Waals surface area contributed by atoms with Crippen molar-refractivity contribution in [3.63, 3.8) is 0 Å². The molecule has 3 aromatic heterocycles. The summed E-state index contributed by atoms with van der Waals surface area (Å²) >= 11 is 0. The summed E-state index contributed by atoms with van der Waals surface area (Å²) in [6, 6.07) is 111. The third kappa shape index (κ3) is 10.5. The van der Waals surface area contributed by atoms with Crippen LogP contribution in [-0.4, -0.2) is 20.4 Å². The minimum absolute atomic E-state index is 0.00477. The summed E-state index contributed by atoms with van der Waals surface area (Å²) in [5.41, 5.74) is 27.3. The van der Waals surface area contributed by atoms with Gasteiger partial charge in [0.05, 0.1) is 49.8 Å². The van der Waals surface area contributed by atoms with Crippen LogP contribution in [0.1, 0.15) is 63.6 Å². The first-order valence-corrected chi connectivity index (χ1v) is 37.9. The van der Waals surface area contributed by atoms with E-state index in [2.05, 4.69) is 358 Å². The number of anilines is 6. The Kier molecular flexibility index (Phi) is 13.0. The quantitative estimate of drug-likeness (QED) is 0.127. The van der Waals surface area contributed by atoms with Gasteiger partial charge in [0.15, 0.2) is 0 Å². The molecule has 0 saturated carbocycles. The van der Waals surface area contributed by atoms with Gasteiger partial charge in [0.1, 0.15) is 0 Å². The zero-order valence-electron chi connectivity index (χ0n) is 69.8. The molecule has 0 unspecified atom stereocenters. The summed E-state index contributed by atoms with van der Waals surface area (Å²) in [5.74, 6) is 0. The molecule has 21 rings (SSSR count). The number of aromatic nitrogens is 3. The molecular formula is C104H78BN5. The van der Waals surface area contributed by atoms with E-state index in [0.29, 0.717) is 5.69 Å². The van der Waals surface area contributed by atoms with Gasteiger partial charge in [-0.15, -0.1) is 0 Å². The largest absolute Gasteiger partial charge is 0.311 e. The average Bonchev–Trinajstić information content (AvgIpc) is 0.713. The molecule has 16 aromatic carbocycles. The van der Waals surface area contributed by atoms with Crippen LogP contribution < -0.4 is 26.2 Å². The van der Waals surface area contributed by atoms with Gasteiger partial charge < -0.3 is 23.5 Å². The van der Waals surface area contributed by atoms with Crippen molar-refractivity contribution in [1.29, 1.82) is 0 Å². The maximum absolute atomic E-state index is 9.89. The molecule has 0 spiro atoms. The van der Waals surface area contributed by atoms with Gasteiger partial charge in [-0.3, -0.25) is 0 Å². The molecule has 0 N–H and O–H groups in total. The van der Waals surface area contributed by atoms with E-state index < -0.39 is 43.0 Å². The zero-order chi connectivity index (χ0) is 80.6. The van der Waals surface area contributed by atoms with Crippen LogP contribution in [0.3, 0.4) is 0 Å². The van der Waals surface area contributed by atoms with E-state index in [1.807, 2.05) is 18.2 Å². The highest BCUT2D eigenvalue weighted by Crippen LogP contribution is 2.51. The fourth-order valence-electron chi connectivity index (χ4n) is 17.6. The molecule has 0 aliphatic carbocycles. The Bertz CT molecular complexity index is 7170. The second-order valence-corrected chi connectivity index (χ2v) is 31.5. The van der Waals surface area contributed by atoms with Gasteiger partial charge in [0.2, 0.25) is 0 Å². The molecule has 110 heavy (non-hydrogen) atoms. The highest BCUT2D eigenvalue weighted by Gasteiger charge is 2.45. The van der Waals surface area contributed by atoms with E-state index in [1.165, 1.54) is 21.9 Å². The fraction of sp³-hybridized carbons (Fsp3) is 0.0769. The number of nitrogens with zero attached hydrogens (tertiary/aromatic N) is 5. The number of benzene rings is 16. The zero-order valence-corrected chi connectivity index (χ0v) is 61.8. The molecule has 522 valence electrons. The highest BCUT2D eigenvalue weighted by molar-refractivity contribution is 7.00. The van der Waals surface area contributed by atoms with Crippen molar-refractivity contribution < 1.29 is 11.0 Å². The maximum atomic E-state index is 9.89. The molecule has 2 aliphatic heterocycles. The molecular weight excluding hydrogens is 1330 g/mol. The smallest absolute Gasteiger partial charge is 0.252 e. The Morgan fingerprint density at radius 2 is 0.591 bits per heavy atom. The van der Waals surface area contributed by atoms with Gasteiger partial charge in [-0.25, -0.2) is 0 Å². The van der Waals surface area contributed by atoms with Gasteiger partial charge >= 0.3 is 0 Å². The van der Waals surface area contributed by atoms with E-state index in [0.717, 1.165) is 150 Å². The first-order valence-electron chi connectivity index (χ1n) is 41.9. The summed E-state index contributed by atoms with van der Waals surface area (Å²) in [5, 5.41) is 4.51. The standard InChI is InChI=1S/C104H78BN5/c1-103(2,3)77-55-76(56-78(62-77)104(4,5)6)71-47-50-90-98(61-71)109(81-57-72(67-29-11-7-12-30-67)53-73(58-81)68-31-13-8-14-32-68)100-65-83(108-96-46-28-23-41-88(96)89-63-79(49-52-97(89)108)106-92-42-24-19-37-84(92)85-38-20-25-43-93(85)106)66-101-102(100)105(90)91-51-48-80(107-94-44-26-21-39-86(94)87-40-22-27-45-95(87)107)64-99(91)110(101)82-59-74(69-33-15-9-16-34-69)54-75(60-82)70-35-17-10-18-36-70/h7-66H,1-6H3/i21D,22D,26D,27D,39D,40D,44D,45D. The Labute approximate surface area is 653 Å². The van der Waals surface area contributed by atoms with Gasteiger partial charge in [0, 0.05) is 77.8 Å². The highest BCUT2D eigenvalue weighted by atomic mass is 15.2. The second-order valence-electron chi connectivity index (χ2n) is 31.5. The summed E-state index contributed by atoms with van der Waals surface area (Å²) in [6.45, 7) is 13.2. The Balaban J connectivity index is 0.936. The van der Waals surface area contributed by atoms with E-state index in [4.69, 9.17) is 2.74 Å². The molecule has 0 saturated heterocycles. The van der Waals surface area contributed by atoms with Gasteiger partial charge in [-0.2, -0.15) is 0 Å². The van der Waals surface area contributed by atoms with E-state index in [1.54, 1.807) is 4.57 Å². The predicted molar refractivity (Wildman–Crippen MR) is 468 cm³/mol. The van der Waals surface area contributed by atoms with Crippen LogP contribution in [0.4, 0.5) is 34.1 Å². The van der Waals surface area contributed by atoms with Crippen molar-refractivity contribution in [1.82, 2.24) is 13.7 Å². The van der Waals surface area contributed by atoms with Crippen LogP contribution in [0.5, 0.6) is 0 Å². The molecule has 2 aliphatic rings. The van der Waals surface area contributed by atoms with Crippen molar-refractivity contribution in [2.75, 3.05) is 9.80 Å². The predicted octanol–water partition coefficient (Wildman–Crippen LogP) is 26.0. The number of para-hydroxylation sites is 5. The molecule has 19 aromatic rings. The van der Waals surface area contributed by atoms with Crippen molar-refractivity contribution >= 4 is 123 Å². The van der Waals surface area contributed by atoms with Crippen molar-refractivity contribution in [2.45, 2.75) is 52.4 Å². The molecule has 5 heterocycles. The Hall–Kier alpha value is -13.4. The monoisotopic (exact) mass is 1420 g/mol. The molecule has 0 amide bonds. The van der Waals surface area contributed by atoms with Crippen molar-refractivity contribution in [2.24, 2.45) is 0 Å². The summed E-state index contributed by atoms with van der Waals surface area (Å²) in [4.78, 5) is 4.93. The summed E-state index contributed by atoms with van der Waals surface area (Å²) in [6.07, 6.45) is 0. The topological polar surface area (TPSA) is 21.3 Å². The number of hydrogen-bond donors (Lipinski definition) is 0. The molecule has 0 radical (unpaired) electrons. The van der Waals surface area contributed by atoms with E-state index >= 15 is 0 Å². The summed E-state index contributed by atoms with van der Waals surface area (Å²) in [7, 11) is 0. The normalized spacial score (nSPS) is 13.8. The molecule has 0 bridgehead atoms. The molecule has 0 atom stereocenters. The SMILES string of the molecule is [2H]c1c([2H])c([2H])c2c(c1[2H])c1c([2H])c([2H])c([2H])c([2H])c1n2-c1ccc2c(c1)N(c1cc(-c3ccccc3)cc(-c3ccccc3)c1)c1cc(-n3c4ccccc4c4cc(-n5c6ccccc6c6ccccc65)ccc43)cc3c1B2c1ccc(-c2cc(C(C)(C)C)cc(C(C)(C)C)c2)cc1N3c1cc(-c2ccccc2)cc(-c2ccccc2)c1. The molecule has 5 nitrogen and oxygen atoms in total. The lowest BCUT2D eigenvalue weighted by molar-refractivity contribution is 0.569. The van der Waals surface area contributed by atoms with Crippen LogP contribution in [0.15, 0.2) is 364 Å². The van der Waals surface area contributed by atoms with Crippen molar-refractivity contribution in [3.8, 4) is 72.7 Å². The lowest BCUT2D eigenvalue weighted by Gasteiger charge is -2.45. The number of hydrogen-bond acceptors (Lipinski definition) is 2. The van der Waals surface area contributed by atoms with Crippen LogP contribution in [0.2, 0.25) is 0 Å². The lowest BCUT2D eigenvalue weighted by Crippen LogP contribution is -2.61. The molecule has 6 heteroatoms. The minimum Gasteiger partial charge on any atom is -0.311 e. The third-order valence-corrected chi connectivity index (χ3v) is 22.9. The lowest BCUT2D eigenvalue weighted by atomic mass is 9.33. The first kappa shape index (κ1) is 56.9. The van der Waals surface area contributed by atoms with Gasteiger partial charge in [-0.05, 0) is 209 Å². The maximum Gasteiger partial charge on any atom is 0.252 e. The van der Waals surface area contributed by atoms with Gasteiger partial charge in [0.25, 0.3) is 6.71 Å². The Morgan fingerprint density at radius 1 is 0.236 bits per heavy atom. The average molecular weight is 1420 g/mol. The van der Waals surface area contributed by atoms with Crippen LogP contribution in [-0.2, 0) is 10.8 Å².